The minimum Gasteiger partial charge on any atom is -0.308 e. The molecule has 2 aromatic rings. The molecule has 7 heteroatoms. The van der Waals surface area contributed by atoms with Crippen LogP contribution in [0.5, 0.6) is 0 Å². The number of aromatic nitrogens is 1. The molecule has 0 bridgehead atoms. The van der Waals surface area contributed by atoms with Crippen molar-refractivity contribution >= 4 is 18.9 Å². The van der Waals surface area contributed by atoms with Crippen LogP contribution >= 0.6 is 18.9 Å². The number of hydrogen-bond acceptors (Lipinski definition) is 6. The molecule has 0 saturated heterocycles. The van der Waals surface area contributed by atoms with E-state index < -0.39 is 7.60 Å². The van der Waals surface area contributed by atoms with Gasteiger partial charge in [-0.3, -0.25) is 14.9 Å². The quantitative estimate of drug-likeness (QED) is 0.698. The van der Waals surface area contributed by atoms with E-state index in [1.54, 1.807) is 31.4 Å². The van der Waals surface area contributed by atoms with E-state index in [1.807, 2.05) is 35.7 Å². The topological polar surface area (TPSA) is 60.5 Å². The van der Waals surface area contributed by atoms with Gasteiger partial charge in [0.05, 0.1) is 31.2 Å². The van der Waals surface area contributed by atoms with Gasteiger partial charge in [-0.1, -0.05) is 12.1 Å². The lowest BCUT2D eigenvalue weighted by Gasteiger charge is -2.22. The second-order valence-corrected chi connectivity index (χ2v) is 7.55. The number of rotatable bonds is 9. The number of hydrogen-bond donors (Lipinski definition) is 1. The van der Waals surface area contributed by atoms with E-state index in [-0.39, 0.29) is 12.3 Å². The summed E-state index contributed by atoms with van der Waals surface area (Å²) < 4.78 is 23.2. The SMILES string of the molecule is CCOP(=O)(CNC(c1ccccn1)c1cccs1)OCC. The summed E-state index contributed by atoms with van der Waals surface area (Å²) in [6.45, 7) is 4.32. The van der Waals surface area contributed by atoms with Crippen LogP contribution in [0, 0.1) is 0 Å². The van der Waals surface area contributed by atoms with Gasteiger partial charge in [0.25, 0.3) is 0 Å². The fourth-order valence-corrected chi connectivity index (χ4v) is 4.34. The van der Waals surface area contributed by atoms with E-state index in [2.05, 4.69) is 10.3 Å². The van der Waals surface area contributed by atoms with Crippen LogP contribution in [-0.4, -0.2) is 24.5 Å². The van der Waals surface area contributed by atoms with E-state index in [0.717, 1.165) is 10.6 Å². The maximum Gasteiger partial charge on any atom is 0.344 e. The highest BCUT2D eigenvalue weighted by Crippen LogP contribution is 2.47. The lowest BCUT2D eigenvalue weighted by atomic mass is 10.1. The Labute approximate surface area is 135 Å². The summed E-state index contributed by atoms with van der Waals surface area (Å²) in [6.07, 6.45) is 1.90. The Hall–Kier alpha value is -1.04. The molecule has 2 heterocycles. The summed E-state index contributed by atoms with van der Waals surface area (Å²) in [7, 11) is -3.13. The summed E-state index contributed by atoms with van der Waals surface area (Å²) in [6, 6.07) is 9.65. The summed E-state index contributed by atoms with van der Waals surface area (Å²) in [5, 5.41) is 5.29. The summed E-state index contributed by atoms with van der Waals surface area (Å²) >= 11 is 1.63. The van der Waals surface area contributed by atoms with Crippen LogP contribution in [-0.2, 0) is 13.6 Å². The molecule has 1 N–H and O–H groups in total. The molecule has 0 saturated carbocycles. The van der Waals surface area contributed by atoms with Crippen LogP contribution in [0.3, 0.4) is 0 Å². The lowest BCUT2D eigenvalue weighted by molar-refractivity contribution is 0.217. The second kappa shape index (κ2) is 8.56. The van der Waals surface area contributed by atoms with E-state index in [1.165, 1.54) is 0 Å². The molecule has 0 aliphatic rings. The molecule has 0 spiro atoms. The third kappa shape index (κ3) is 4.73. The first-order valence-corrected chi connectivity index (χ1v) is 9.85. The van der Waals surface area contributed by atoms with Gasteiger partial charge in [-0.25, -0.2) is 0 Å². The second-order valence-electron chi connectivity index (χ2n) is 4.51. The molecule has 120 valence electrons. The number of nitrogens with one attached hydrogen (secondary N) is 1. The van der Waals surface area contributed by atoms with E-state index in [4.69, 9.17) is 9.05 Å². The zero-order valence-corrected chi connectivity index (χ0v) is 14.5. The Kier molecular flexibility index (Phi) is 6.73. The largest absolute Gasteiger partial charge is 0.344 e. The van der Waals surface area contributed by atoms with Crippen molar-refractivity contribution in [2.45, 2.75) is 19.9 Å². The molecular weight excluding hydrogens is 319 g/mol. The molecule has 0 aliphatic heterocycles. The maximum absolute atomic E-state index is 12.6. The van der Waals surface area contributed by atoms with Gasteiger partial charge < -0.3 is 9.05 Å². The van der Waals surface area contributed by atoms with E-state index in [9.17, 15) is 4.57 Å². The minimum absolute atomic E-state index is 0.129. The highest BCUT2D eigenvalue weighted by Gasteiger charge is 2.26. The number of thiophene rings is 1. The summed E-state index contributed by atoms with van der Waals surface area (Å²) in [4.78, 5) is 5.51. The highest BCUT2D eigenvalue weighted by molar-refractivity contribution is 7.53. The average Bonchev–Trinajstić information content (AvgIpc) is 3.03. The molecule has 0 radical (unpaired) electrons. The van der Waals surface area contributed by atoms with Gasteiger partial charge in [0.1, 0.15) is 0 Å². The van der Waals surface area contributed by atoms with Gasteiger partial charge in [-0.2, -0.15) is 0 Å². The molecule has 0 fully saturated rings. The molecule has 0 amide bonds. The van der Waals surface area contributed by atoms with Crippen LogP contribution in [0.25, 0.3) is 0 Å². The monoisotopic (exact) mass is 340 g/mol. The van der Waals surface area contributed by atoms with Crippen molar-refractivity contribution in [3.8, 4) is 0 Å². The Bertz CT molecular complexity index is 582. The van der Waals surface area contributed by atoms with Gasteiger partial charge in [-0.15, -0.1) is 11.3 Å². The van der Waals surface area contributed by atoms with Gasteiger partial charge in [-0.05, 0) is 37.4 Å². The number of nitrogens with zero attached hydrogens (tertiary/aromatic N) is 1. The normalized spacial score (nSPS) is 13.2. The van der Waals surface area contributed by atoms with Gasteiger partial charge in [0.2, 0.25) is 0 Å². The molecule has 0 aliphatic carbocycles. The van der Waals surface area contributed by atoms with Crippen molar-refractivity contribution in [1.82, 2.24) is 10.3 Å². The van der Waals surface area contributed by atoms with E-state index >= 15 is 0 Å². The maximum atomic E-state index is 12.6. The Morgan fingerprint density at radius 1 is 1.23 bits per heavy atom. The average molecular weight is 340 g/mol. The zero-order valence-electron chi connectivity index (χ0n) is 12.8. The van der Waals surface area contributed by atoms with Gasteiger partial charge >= 0.3 is 7.60 Å². The van der Waals surface area contributed by atoms with Crippen molar-refractivity contribution in [3.63, 3.8) is 0 Å². The Balaban J connectivity index is 2.16. The first-order chi connectivity index (χ1) is 10.7. The standard InChI is InChI=1S/C15H21N2O3PS/c1-3-19-21(18,20-4-2)12-17-15(14-9-7-11-22-14)13-8-5-6-10-16-13/h5-11,15,17H,3-4,12H2,1-2H3. The lowest BCUT2D eigenvalue weighted by Crippen LogP contribution is -2.25. The molecule has 2 aromatic heterocycles. The van der Waals surface area contributed by atoms with E-state index in [0.29, 0.717) is 13.2 Å². The molecule has 2 rings (SSSR count). The third-order valence-corrected chi connectivity index (χ3v) is 5.76. The summed E-state index contributed by atoms with van der Waals surface area (Å²) in [5.74, 6) is 0. The fourth-order valence-electron chi connectivity index (χ4n) is 2.08. The molecule has 1 unspecified atom stereocenters. The van der Waals surface area contributed by atoms with Crippen LogP contribution in [0.2, 0.25) is 0 Å². The first kappa shape index (κ1) is 17.3. The molecular formula is C15H21N2O3PS. The Morgan fingerprint density at radius 2 is 2.00 bits per heavy atom. The zero-order chi connectivity index (χ0) is 15.8. The molecule has 1 atom stereocenters. The predicted octanol–water partition coefficient (Wildman–Crippen LogP) is 4.05. The molecule has 5 nitrogen and oxygen atoms in total. The van der Waals surface area contributed by atoms with Crippen LogP contribution in [0.4, 0.5) is 0 Å². The van der Waals surface area contributed by atoms with Gasteiger partial charge in [0, 0.05) is 11.1 Å². The van der Waals surface area contributed by atoms with Crippen molar-refractivity contribution in [3.05, 3.63) is 52.5 Å². The van der Waals surface area contributed by atoms with Crippen LogP contribution in [0.1, 0.15) is 30.5 Å². The van der Waals surface area contributed by atoms with Crippen molar-refractivity contribution < 1.29 is 13.6 Å². The number of pyridine rings is 1. The Morgan fingerprint density at radius 3 is 2.55 bits per heavy atom. The third-order valence-electron chi connectivity index (χ3n) is 2.95. The molecule has 22 heavy (non-hydrogen) atoms. The fraction of sp³-hybridized carbons (Fsp3) is 0.400. The van der Waals surface area contributed by atoms with Crippen molar-refractivity contribution in [2.75, 3.05) is 19.5 Å². The van der Waals surface area contributed by atoms with Crippen molar-refractivity contribution in [1.29, 1.82) is 0 Å². The summed E-state index contributed by atoms with van der Waals surface area (Å²) in [5.41, 5.74) is 0.879. The predicted molar refractivity (Wildman–Crippen MR) is 89.3 cm³/mol. The smallest absolute Gasteiger partial charge is 0.308 e. The molecule has 0 aromatic carbocycles. The first-order valence-electron chi connectivity index (χ1n) is 7.24. The van der Waals surface area contributed by atoms with Crippen LogP contribution in [0.15, 0.2) is 41.9 Å². The van der Waals surface area contributed by atoms with Gasteiger partial charge in [0.15, 0.2) is 0 Å². The highest BCUT2D eigenvalue weighted by atomic mass is 32.1. The minimum atomic E-state index is -3.13. The van der Waals surface area contributed by atoms with Crippen molar-refractivity contribution in [2.24, 2.45) is 0 Å². The van der Waals surface area contributed by atoms with Crippen LogP contribution < -0.4 is 5.32 Å².